The molecule has 2 aromatic carbocycles. The van der Waals surface area contributed by atoms with E-state index in [0.29, 0.717) is 10.9 Å². The Kier molecular flexibility index (Phi) is 2.08. The second-order valence-electron chi connectivity index (χ2n) is 3.78. The van der Waals surface area contributed by atoms with E-state index < -0.39 is 0 Å². The van der Waals surface area contributed by atoms with E-state index in [9.17, 15) is 4.79 Å². The smallest absolute Gasteiger partial charge is 0.259 e. The highest BCUT2D eigenvalue weighted by atomic mass is 16.5. The Bertz CT molecular complexity index is 762. The molecular formula is C13H10N2O2. The molecule has 1 heterocycles. The van der Waals surface area contributed by atoms with Crippen molar-refractivity contribution in [3.63, 3.8) is 0 Å². The fourth-order valence-corrected chi connectivity index (χ4v) is 2.00. The highest BCUT2D eigenvalue weighted by Gasteiger charge is 2.05. The fraction of sp³-hybridized carbons (Fsp3) is 0.0769. The van der Waals surface area contributed by atoms with Gasteiger partial charge in [0.15, 0.2) is 0 Å². The van der Waals surface area contributed by atoms with Crippen LogP contribution >= 0.6 is 0 Å². The second-order valence-corrected chi connectivity index (χ2v) is 3.78. The standard InChI is InChI=1S/C13H10N2O2/c1-17-9-3-4-10-8(6-9)2-5-11-12(10)13(16)15-7-14-11/h2-7H,1H3,(H,14,15,16). The molecule has 1 aromatic heterocycles. The lowest BCUT2D eigenvalue weighted by atomic mass is 10.1. The molecule has 0 saturated carbocycles. The molecule has 84 valence electrons. The van der Waals surface area contributed by atoms with E-state index >= 15 is 0 Å². The quantitative estimate of drug-likeness (QED) is 0.646. The van der Waals surface area contributed by atoms with Gasteiger partial charge in [0.05, 0.1) is 24.3 Å². The van der Waals surface area contributed by atoms with E-state index in [1.54, 1.807) is 7.11 Å². The third kappa shape index (κ3) is 1.45. The Morgan fingerprint density at radius 3 is 2.94 bits per heavy atom. The molecule has 17 heavy (non-hydrogen) atoms. The van der Waals surface area contributed by atoms with E-state index in [1.807, 2.05) is 30.3 Å². The Hall–Kier alpha value is -2.36. The number of hydrogen-bond acceptors (Lipinski definition) is 3. The summed E-state index contributed by atoms with van der Waals surface area (Å²) in [6.07, 6.45) is 1.42. The van der Waals surface area contributed by atoms with Crippen LogP contribution in [0.25, 0.3) is 21.7 Å². The van der Waals surface area contributed by atoms with Gasteiger partial charge in [0.1, 0.15) is 5.75 Å². The number of nitrogens with zero attached hydrogens (tertiary/aromatic N) is 1. The molecule has 0 aliphatic carbocycles. The zero-order chi connectivity index (χ0) is 11.8. The van der Waals surface area contributed by atoms with Crippen LogP contribution in [0.4, 0.5) is 0 Å². The number of benzene rings is 2. The zero-order valence-electron chi connectivity index (χ0n) is 9.23. The third-order valence-electron chi connectivity index (χ3n) is 2.83. The minimum Gasteiger partial charge on any atom is -0.497 e. The Balaban J connectivity index is 2.52. The van der Waals surface area contributed by atoms with Gasteiger partial charge >= 0.3 is 0 Å². The maximum absolute atomic E-state index is 11.8. The highest BCUT2D eigenvalue weighted by Crippen LogP contribution is 2.25. The van der Waals surface area contributed by atoms with Crippen molar-refractivity contribution in [2.75, 3.05) is 7.11 Å². The molecule has 4 heteroatoms. The van der Waals surface area contributed by atoms with E-state index in [1.165, 1.54) is 6.33 Å². The molecule has 0 amide bonds. The van der Waals surface area contributed by atoms with Crippen LogP contribution in [0.3, 0.4) is 0 Å². The molecule has 0 unspecified atom stereocenters. The van der Waals surface area contributed by atoms with Crippen molar-refractivity contribution in [2.24, 2.45) is 0 Å². The van der Waals surface area contributed by atoms with Gasteiger partial charge in [-0.25, -0.2) is 4.98 Å². The first kappa shape index (κ1) is 9.84. The predicted octanol–water partition coefficient (Wildman–Crippen LogP) is 2.08. The Labute approximate surface area is 96.9 Å². The van der Waals surface area contributed by atoms with Gasteiger partial charge in [-0.2, -0.15) is 0 Å². The first-order valence-electron chi connectivity index (χ1n) is 5.24. The molecule has 0 saturated heterocycles. The molecule has 0 radical (unpaired) electrons. The van der Waals surface area contributed by atoms with E-state index in [4.69, 9.17) is 4.74 Å². The summed E-state index contributed by atoms with van der Waals surface area (Å²) in [6, 6.07) is 9.40. The van der Waals surface area contributed by atoms with Crippen molar-refractivity contribution in [3.05, 3.63) is 47.0 Å². The minimum atomic E-state index is -0.120. The first-order chi connectivity index (χ1) is 8.29. The monoisotopic (exact) mass is 226 g/mol. The van der Waals surface area contributed by atoms with Crippen molar-refractivity contribution in [2.45, 2.75) is 0 Å². The molecule has 0 fully saturated rings. The molecule has 1 N–H and O–H groups in total. The van der Waals surface area contributed by atoms with Crippen LogP contribution in [0.2, 0.25) is 0 Å². The van der Waals surface area contributed by atoms with Crippen molar-refractivity contribution in [3.8, 4) is 5.75 Å². The lowest BCUT2D eigenvalue weighted by Crippen LogP contribution is -2.06. The maximum Gasteiger partial charge on any atom is 0.259 e. The second kappa shape index (κ2) is 3.59. The summed E-state index contributed by atoms with van der Waals surface area (Å²) in [5.41, 5.74) is 0.581. The molecule has 0 bridgehead atoms. The number of aromatic nitrogens is 2. The van der Waals surface area contributed by atoms with Crippen LogP contribution in [0, 0.1) is 0 Å². The molecule has 4 nitrogen and oxygen atoms in total. The summed E-state index contributed by atoms with van der Waals surface area (Å²) in [5.74, 6) is 0.775. The summed E-state index contributed by atoms with van der Waals surface area (Å²) in [6.45, 7) is 0. The minimum absolute atomic E-state index is 0.120. The van der Waals surface area contributed by atoms with Gasteiger partial charge < -0.3 is 9.72 Å². The largest absolute Gasteiger partial charge is 0.497 e. The van der Waals surface area contributed by atoms with E-state index in [2.05, 4.69) is 9.97 Å². The van der Waals surface area contributed by atoms with E-state index in [0.717, 1.165) is 16.5 Å². The van der Waals surface area contributed by atoms with Crippen LogP contribution in [0.5, 0.6) is 5.75 Å². The van der Waals surface area contributed by atoms with Gasteiger partial charge in [-0.15, -0.1) is 0 Å². The van der Waals surface area contributed by atoms with Crippen LogP contribution in [-0.2, 0) is 0 Å². The topological polar surface area (TPSA) is 55.0 Å². The van der Waals surface area contributed by atoms with Crippen molar-refractivity contribution in [1.29, 1.82) is 0 Å². The number of aromatic amines is 1. The average molecular weight is 226 g/mol. The molecular weight excluding hydrogens is 216 g/mol. The molecule has 0 spiro atoms. The lowest BCUT2D eigenvalue weighted by Gasteiger charge is -2.04. The van der Waals surface area contributed by atoms with Gasteiger partial charge in [0, 0.05) is 0 Å². The number of nitrogens with one attached hydrogen (secondary N) is 1. The normalized spacial score (nSPS) is 10.9. The number of rotatable bonds is 1. The number of H-pyrrole nitrogens is 1. The van der Waals surface area contributed by atoms with Crippen LogP contribution in [-0.4, -0.2) is 17.1 Å². The Morgan fingerprint density at radius 1 is 1.24 bits per heavy atom. The summed E-state index contributed by atoms with van der Waals surface area (Å²) >= 11 is 0. The van der Waals surface area contributed by atoms with Gasteiger partial charge in [-0.05, 0) is 35.0 Å². The lowest BCUT2D eigenvalue weighted by molar-refractivity contribution is 0.415. The molecule has 0 aliphatic heterocycles. The average Bonchev–Trinajstić information content (AvgIpc) is 2.38. The molecule has 0 atom stereocenters. The predicted molar refractivity (Wildman–Crippen MR) is 66.4 cm³/mol. The zero-order valence-corrected chi connectivity index (χ0v) is 9.23. The summed E-state index contributed by atoms with van der Waals surface area (Å²) < 4.78 is 5.16. The van der Waals surface area contributed by atoms with E-state index in [-0.39, 0.29) is 5.56 Å². The maximum atomic E-state index is 11.8. The Morgan fingerprint density at radius 2 is 2.12 bits per heavy atom. The SMILES string of the molecule is COc1ccc2c(ccc3nc[nH]c(=O)c32)c1. The van der Waals surface area contributed by atoms with Crippen molar-refractivity contribution in [1.82, 2.24) is 9.97 Å². The molecule has 3 rings (SSSR count). The number of hydrogen-bond donors (Lipinski definition) is 1. The van der Waals surface area contributed by atoms with Gasteiger partial charge in [-0.1, -0.05) is 6.07 Å². The van der Waals surface area contributed by atoms with Crippen LogP contribution in [0.1, 0.15) is 0 Å². The molecule has 3 aromatic rings. The summed E-state index contributed by atoms with van der Waals surface area (Å²) in [4.78, 5) is 18.6. The summed E-state index contributed by atoms with van der Waals surface area (Å²) in [5, 5.41) is 2.47. The van der Waals surface area contributed by atoms with Crippen molar-refractivity contribution < 1.29 is 4.74 Å². The highest BCUT2D eigenvalue weighted by molar-refractivity contribution is 6.05. The molecule has 0 aliphatic rings. The third-order valence-corrected chi connectivity index (χ3v) is 2.83. The first-order valence-corrected chi connectivity index (χ1v) is 5.24. The number of methoxy groups -OCH3 is 1. The van der Waals surface area contributed by atoms with Crippen molar-refractivity contribution >= 4 is 21.7 Å². The fourth-order valence-electron chi connectivity index (χ4n) is 2.00. The van der Waals surface area contributed by atoms with Gasteiger partial charge in [-0.3, -0.25) is 4.79 Å². The summed E-state index contributed by atoms with van der Waals surface area (Å²) in [7, 11) is 1.62. The number of ether oxygens (including phenoxy) is 1. The number of fused-ring (bicyclic) bond motifs is 3. The van der Waals surface area contributed by atoms with Gasteiger partial charge in [0.2, 0.25) is 0 Å². The van der Waals surface area contributed by atoms with Gasteiger partial charge in [0.25, 0.3) is 5.56 Å². The van der Waals surface area contributed by atoms with Crippen LogP contribution in [0.15, 0.2) is 41.5 Å². The van der Waals surface area contributed by atoms with Crippen LogP contribution < -0.4 is 10.3 Å².